The number of hydrogen-bond acceptors (Lipinski definition) is 34. The number of carbonyl (C=O) groups is 18. The lowest BCUT2D eigenvalue weighted by Crippen LogP contribution is -2.24. The van der Waals surface area contributed by atoms with Crippen molar-refractivity contribution >= 4 is 157 Å². The first-order valence-corrected chi connectivity index (χ1v) is 44.4. The van der Waals surface area contributed by atoms with Crippen LogP contribution >= 0.6 is 50.0 Å². The molecule has 0 heterocycles. The molecule has 0 bridgehead atoms. The normalized spacial score (nSPS) is 10.6. The second-order valence-electron chi connectivity index (χ2n) is 32.2. The number of amides is 3. The van der Waals surface area contributed by atoms with Gasteiger partial charge in [-0.3, -0.25) is 86.3 Å². The van der Waals surface area contributed by atoms with E-state index in [1.807, 2.05) is 86.2 Å². The molecule has 140 heavy (non-hydrogen) atoms. The van der Waals surface area contributed by atoms with Crippen LogP contribution in [0.5, 0.6) is 11.5 Å². The van der Waals surface area contributed by atoms with Gasteiger partial charge in [-0.15, -0.1) is 11.6 Å². The largest absolute Gasteiger partial charge is 0.481 e. The summed E-state index contributed by atoms with van der Waals surface area (Å²) < 4.78 is 200. The van der Waals surface area contributed by atoms with Crippen molar-refractivity contribution in [1.29, 1.82) is 0 Å². The Morgan fingerprint density at radius 3 is 0.700 bits per heavy atom. The van der Waals surface area contributed by atoms with E-state index in [1.54, 1.807) is 62.3 Å². The average Bonchev–Trinajstić information content (AvgIpc) is 0.800. The van der Waals surface area contributed by atoms with Crippen molar-refractivity contribution in [3.8, 4) is 11.5 Å². The predicted octanol–water partition coefficient (Wildman–Crippen LogP) is 14.7. The van der Waals surface area contributed by atoms with Gasteiger partial charge in [0.05, 0.1) is 90.8 Å². The Morgan fingerprint density at radius 2 is 0.464 bits per heavy atom. The molecule has 4 aromatic carbocycles. The van der Waals surface area contributed by atoms with Crippen LogP contribution in [0, 0.1) is 58.2 Å². The summed E-state index contributed by atoms with van der Waals surface area (Å²) in [6.07, 6.45) is -0.00486. The summed E-state index contributed by atoms with van der Waals surface area (Å²) in [6, 6.07) is 18.5. The number of carbonyl (C=O) groups excluding carboxylic acids is 16. The molecule has 0 atom stereocenters. The van der Waals surface area contributed by atoms with Crippen molar-refractivity contribution in [2.24, 2.45) is 0 Å². The van der Waals surface area contributed by atoms with Crippen LogP contribution in [0.4, 0.5) is 43.9 Å². The van der Waals surface area contributed by atoms with E-state index in [4.69, 9.17) is 64.4 Å². The van der Waals surface area contributed by atoms with E-state index < -0.39 is 183 Å². The van der Waals surface area contributed by atoms with Crippen molar-refractivity contribution in [2.75, 3.05) is 38.9 Å². The van der Waals surface area contributed by atoms with Crippen molar-refractivity contribution in [1.82, 2.24) is 14.2 Å². The number of halogens is 11. The van der Waals surface area contributed by atoms with Gasteiger partial charge in [-0.1, -0.05) is 99.1 Å². The first kappa shape index (κ1) is 132. The number of esters is 13. The number of alkyl halides is 1. The van der Waals surface area contributed by atoms with Crippen LogP contribution in [0.2, 0.25) is 0 Å². The molecule has 36 nitrogen and oxygen atoms in total. The van der Waals surface area contributed by atoms with Gasteiger partial charge < -0.3 is 86.0 Å². The molecule has 0 saturated carbocycles. The summed E-state index contributed by atoms with van der Waals surface area (Å²) in [7, 11) is 0. The molecular formula is C90H118ClF10N3O33S3. The van der Waals surface area contributed by atoms with Gasteiger partial charge in [-0.25, -0.2) is 26.3 Å². The molecule has 0 aliphatic heterocycles. The molecule has 0 aliphatic rings. The molecule has 0 unspecified atom stereocenters. The maximum atomic E-state index is 13.4. The molecular weight excluding hydrogens is 1970 g/mol. The van der Waals surface area contributed by atoms with Gasteiger partial charge >= 0.3 is 89.5 Å². The summed E-state index contributed by atoms with van der Waals surface area (Å²) in [4.78, 5) is 200. The van der Waals surface area contributed by atoms with E-state index in [2.05, 4.69) is 66.8 Å². The zero-order chi connectivity index (χ0) is 107. The van der Waals surface area contributed by atoms with Crippen LogP contribution in [0.1, 0.15) is 248 Å². The van der Waals surface area contributed by atoms with Crippen LogP contribution < -0.4 is 23.6 Å². The van der Waals surface area contributed by atoms with E-state index in [0.717, 1.165) is 11.1 Å². The number of benzene rings is 4. The number of thiol groups is 3. The Labute approximate surface area is 822 Å². The maximum Gasteiger partial charge on any atom is 0.311 e. The van der Waals surface area contributed by atoms with Crippen LogP contribution in [-0.4, -0.2) is 179 Å². The highest BCUT2D eigenvalue weighted by atomic mass is 35.5. The Morgan fingerprint density at radius 1 is 0.264 bits per heavy atom. The first-order valence-electron chi connectivity index (χ1n) is 42.5. The maximum absolute atomic E-state index is 13.4. The minimum atomic E-state index is -2.39. The smallest absolute Gasteiger partial charge is 0.311 e. The molecule has 0 saturated heterocycles. The molecule has 0 aromatic heterocycles. The number of carboxylic acids is 2. The van der Waals surface area contributed by atoms with Gasteiger partial charge in [0.2, 0.25) is 87.4 Å². The number of ether oxygens (including phenoxy) is 13. The summed E-state index contributed by atoms with van der Waals surface area (Å²) in [5, 5.41) is 16.6. The summed E-state index contributed by atoms with van der Waals surface area (Å²) in [5.41, 5.74) is -0.268. The lowest BCUT2D eigenvalue weighted by molar-refractivity contribution is -0.157. The summed E-state index contributed by atoms with van der Waals surface area (Å²) >= 11 is 16.0. The zero-order valence-corrected chi connectivity index (χ0v) is 82.4. The second kappa shape index (κ2) is 73.2. The summed E-state index contributed by atoms with van der Waals surface area (Å²) in [6.45, 7) is 21.7. The number of rotatable bonds is 47. The van der Waals surface area contributed by atoms with Crippen LogP contribution in [0.25, 0.3) is 0 Å². The molecule has 5 N–H and O–H groups in total. The third kappa shape index (κ3) is 72.3. The van der Waals surface area contributed by atoms with Crippen molar-refractivity contribution in [2.45, 2.75) is 273 Å². The van der Waals surface area contributed by atoms with E-state index in [-0.39, 0.29) is 191 Å². The zero-order valence-electron chi connectivity index (χ0n) is 79.0. The third-order valence-electron chi connectivity index (χ3n) is 15.1. The molecule has 50 heteroatoms. The Bertz CT molecular complexity index is 4580. The molecule has 786 valence electrons. The van der Waals surface area contributed by atoms with Crippen molar-refractivity contribution in [3.05, 3.63) is 130 Å². The van der Waals surface area contributed by atoms with E-state index in [9.17, 15) is 130 Å². The Balaban J connectivity index is -0.00000160. The topological polar surface area (TPSA) is 504 Å². The van der Waals surface area contributed by atoms with Crippen LogP contribution in [-0.2, 0) is 152 Å². The standard InChI is InChI=1S/C19H26O6.C18H19F5O6.C14H12F5NO5S.C12H21NO5S.C11H12O4.C8H15ClO2.C8H13NO5S/c1-19(2,3)25-18(22)10-7-13-23-16(20)11-12-17(21)24-14-15-8-5-4-6-9-15;1-18(2,3)29-11(26)5-4-8-27-9(24)6-7-10(25)28-17-15(22)13(20)12(19)14(21)16(17)23;15-9-10(16)12(18)14(13(19)11(9)17)25-8(23)2-1-5-24-7(22)4-3-6(21)20-26;1-12(2,3)18-11(16)5-4-8-17-10(15)7-6-9(14)13-19;12-10(13)6-7-11(14)15-8-9-4-2-1-3-5-9;1-8(2,3)11-7(10)5-4-6-9;10-6(9-15)3-4-8(13)14-5-1-2-7(11)12/h4-6,8-9H,7,10-14H2,1-3H3;4-8H2,1-3H3;26H,1-5H2,(H,20,21);19H,4-8H2,1-3H3,(H,13,14);1-5H,6-8H2,(H,12,13);4-6H2,1-3H3;15H,1-5H2,(H,9,10)(H,11,12). The minimum Gasteiger partial charge on any atom is -0.481 e. The molecule has 3 amide bonds. The second-order valence-corrected chi connectivity index (χ2v) is 33.2. The van der Waals surface area contributed by atoms with Crippen molar-refractivity contribution < 1.29 is 202 Å². The number of nitrogens with one attached hydrogen (secondary N) is 3. The van der Waals surface area contributed by atoms with Crippen LogP contribution in [0.15, 0.2) is 60.7 Å². The highest BCUT2D eigenvalue weighted by Crippen LogP contribution is 2.32. The highest BCUT2D eigenvalue weighted by Gasteiger charge is 2.31. The quantitative estimate of drug-likeness (QED) is 0.00234. The molecule has 4 aromatic rings. The van der Waals surface area contributed by atoms with Gasteiger partial charge in [0, 0.05) is 63.7 Å². The van der Waals surface area contributed by atoms with Gasteiger partial charge in [-0.05, 0) is 133 Å². The minimum absolute atomic E-state index is 0.00116. The van der Waals surface area contributed by atoms with Gasteiger partial charge in [-0.2, -0.15) is 17.6 Å². The lowest BCUT2D eigenvalue weighted by Gasteiger charge is -2.19. The molecule has 0 aliphatic carbocycles. The fraction of sp³-hybridized carbons (Fsp3) is 0.533. The SMILES string of the molecule is CC(C)(C)OC(=O)CCCCl.CC(C)(C)OC(=O)CCCOC(=O)CCC(=O)NS.CC(C)(C)OC(=O)CCCOC(=O)CCC(=O)OCc1ccccc1.CC(C)(C)OC(=O)CCCOC(=O)CCC(=O)Oc1c(F)c(F)c(F)c(F)c1F.O=C(CCC(=O)OCCCC(=O)Oc1c(F)c(F)c(F)c(F)c1F)NS.O=C(O)CCC(=O)OCc1ccccc1.O=C(O)CCCOC(=O)CCC(=O)NS. The number of aliphatic carboxylic acids is 2. The monoisotopic (exact) mass is 2090 g/mol. The highest BCUT2D eigenvalue weighted by molar-refractivity contribution is 7.79. The first-order chi connectivity index (χ1) is 65.2. The number of hydrogen-bond donors (Lipinski definition) is 8. The van der Waals surface area contributed by atoms with E-state index in [0.29, 0.717) is 31.6 Å². The molecule has 0 spiro atoms. The van der Waals surface area contributed by atoms with Gasteiger partial charge in [0.15, 0.2) is 0 Å². The Kier molecular flexibility index (Phi) is 69.0. The molecule has 4 rings (SSSR count). The van der Waals surface area contributed by atoms with Crippen molar-refractivity contribution in [3.63, 3.8) is 0 Å². The molecule has 0 radical (unpaired) electrons. The third-order valence-corrected chi connectivity index (χ3v) is 16.1. The van der Waals surface area contributed by atoms with E-state index >= 15 is 0 Å². The lowest BCUT2D eigenvalue weighted by atomic mass is 10.2. The fourth-order valence-corrected chi connectivity index (χ4v) is 9.36. The Hall–Kier alpha value is -12.0. The average molecular weight is 2090 g/mol. The van der Waals surface area contributed by atoms with E-state index in [1.165, 1.54) is 0 Å². The fourth-order valence-electron chi connectivity index (χ4n) is 8.89. The molecule has 0 fully saturated rings. The van der Waals surface area contributed by atoms with Crippen LogP contribution in [0.3, 0.4) is 0 Å². The van der Waals surface area contributed by atoms with Gasteiger partial charge in [0.25, 0.3) is 0 Å². The van der Waals surface area contributed by atoms with Gasteiger partial charge in [0.1, 0.15) is 35.6 Å². The summed E-state index contributed by atoms with van der Waals surface area (Å²) in [5.74, 6) is -37.1. The number of carboxylic acid groups (broad SMARTS) is 2. The predicted molar refractivity (Wildman–Crippen MR) is 483 cm³/mol.